The van der Waals surface area contributed by atoms with Gasteiger partial charge in [0.05, 0.1) is 5.75 Å². The lowest BCUT2D eigenvalue weighted by atomic mass is 10.0. The normalized spacial score (nSPS) is 10.8. The fourth-order valence-electron chi connectivity index (χ4n) is 2.98. The molecule has 162 valence electrons. The van der Waals surface area contributed by atoms with Crippen molar-refractivity contribution in [1.29, 1.82) is 0 Å². The lowest BCUT2D eigenvalue weighted by molar-refractivity contribution is -0.113. The molecule has 3 rings (SSSR count). The van der Waals surface area contributed by atoms with E-state index in [1.54, 1.807) is 6.08 Å². The predicted octanol–water partition coefficient (Wildman–Crippen LogP) is 5.21. The zero-order valence-electron chi connectivity index (χ0n) is 18.2. The molecule has 0 aliphatic carbocycles. The molecule has 3 aromatic rings. The third-order valence-electron chi connectivity index (χ3n) is 4.66. The van der Waals surface area contributed by atoms with Gasteiger partial charge in [-0.15, -0.1) is 16.8 Å². The number of aromatic nitrogens is 3. The van der Waals surface area contributed by atoms with Gasteiger partial charge in [0.25, 0.3) is 0 Å². The average Bonchev–Trinajstić information content (AvgIpc) is 3.13. The van der Waals surface area contributed by atoms with E-state index >= 15 is 0 Å². The summed E-state index contributed by atoms with van der Waals surface area (Å²) >= 11 is 1.34. The topological polar surface area (TPSA) is 69.0 Å². The van der Waals surface area contributed by atoms with Gasteiger partial charge in [-0.2, -0.15) is 0 Å². The molecule has 0 fully saturated rings. The minimum absolute atomic E-state index is 0.0898. The predicted molar refractivity (Wildman–Crippen MR) is 126 cm³/mol. The van der Waals surface area contributed by atoms with Crippen molar-refractivity contribution in [2.24, 2.45) is 0 Å². The molecule has 1 aromatic heterocycles. The highest BCUT2D eigenvalue weighted by Crippen LogP contribution is 2.21. The molecule has 0 atom stereocenters. The monoisotopic (exact) mass is 436 g/mol. The van der Waals surface area contributed by atoms with Crippen LogP contribution in [0.1, 0.15) is 36.7 Å². The third kappa shape index (κ3) is 6.46. The highest BCUT2D eigenvalue weighted by Gasteiger charge is 2.14. The third-order valence-corrected chi connectivity index (χ3v) is 5.62. The van der Waals surface area contributed by atoms with E-state index in [1.165, 1.54) is 17.3 Å². The molecule has 1 N–H and O–H groups in total. The molecule has 1 amide bonds. The number of allylic oxidation sites excluding steroid dienone is 1. The molecule has 0 aliphatic rings. The first-order chi connectivity index (χ1) is 15.0. The van der Waals surface area contributed by atoms with E-state index in [0.29, 0.717) is 30.1 Å². The van der Waals surface area contributed by atoms with Crippen LogP contribution in [0.2, 0.25) is 0 Å². The first-order valence-corrected chi connectivity index (χ1v) is 11.2. The number of nitrogens with one attached hydrogen (secondary N) is 1. The Balaban J connectivity index is 1.59. The summed E-state index contributed by atoms with van der Waals surface area (Å²) in [6, 6.07) is 15.8. The summed E-state index contributed by atoms with van der Waals surface area (Å²) in [5, 5.41) is 12.1. The molecule has 0 saturated heterocycles. The van der Waals surface area contributed by atoms with Crippen LogP contribution in [0.5, 0.6) is 5.75 Å². The minimum Gasteiger partial charge on any atom is -0.486 e. The van der Waals surface area contributed by atoms with Crippen LogP contribution >= 0.6 is 11.8 Å². The number of ether oxygens (including phenoxy) is 1. The zero-order chi connectivity index (χ0) is 22.2. The van der Waals surface area contributed by atoms with Crippen molar-refractivity contribution >= 4 is 23.4 Å². The van der Waals surface area contributed by atoms with Crippen molar-refractivity contribution in [3.63, 3.8) is 0 Å². The average molecular weight is 437 g/mol. The van der Waals surface area contributed by atoms with Crippen molar-refractivity contribution in [3.8, 4) is 5.75 Å². The second-order valence-electron chi connectivity index (χ2n) is 7.52. The quantitative estimate of drug-likeness (QED) is 0.349. The fourth-order valence-corrected chi connectivity index (χ4v) is 3.74. The minimum atomic E-state index is -0.0898. The van der Waals surface area contributed by atoms with Gasteiger partial charge in [0, 0.05) is 12.2 Å². The molecule has 6 nitrogen and oxygen atoms in total. The molecule has 0 radical (unpaired) electrons. The second-order valence-corrected chi connectivity index (χ2v) is 8.46. The molecule has 0 bridgehead atoms. The first kappa shape index (κ1) is 22.6. The molecule has 1 heterocycles. The Bertz CT molecular complexity index is 1030. The smallest absolute Gasteiger partial charge is 0.234 e. The van der Waals surface area contributed by atoms with Gasteiger partial charge in [-0.3, -0.25) is 9.36 Å². The van der Waals surface area contributed by atoms with Crippen molar-refractivity contribution in [3.05, 3.63) is 78.1 Å². The van der Waals surface area contributed by atoms with E-state index < -0.39 is 0 Å². The Morgan fingerprint density at radius 3 is 2.68 bits per heavy atom. The molecule has 0 spiro atoms. The summed E-state index contributed by atoms with van der Waals surface area (Å²) in [5.74, 6) is 2.08. The van der Waals surface area contributed by atoms with E-state index in [-0.39, 0.29) is 11.7 Å². The van der Waals surface area contributed by atoms with Gasteiger partial charge in [-0.05, 0) is 48.2 Å². The van der Waals surface area contributed by atoms with Gasteiger partial charge in [0.1, 0.15) is 12.4 Å². The summed E-state index contributed by atoms with van der Waals surface area (Å²) in [4.78, 5) is 12.4. The maximum Gasteiger partial charge on any atom is 0.234 e. The molecule has 7 heteroatoms. The van der Waals surface area contributed by atoms with Gasteiger partial charge in [-0.25, -0.2) is 0 Å². The standard InChI is InChI=1S/C24H28N4O2S/c1-5-13-28-22(15-30-21-8-6-7-18(4)14-21)26-27-24(28)31-16-23(29)25-20-11-9-19(10-12-20)17(2)3/h5-12,14,17H,1,13,15-16H2,2-4H3,(H,25,29). The van der Waals surface area contributed by atoms with Crippen molar-refractivity contribution in [2.75, 3.05) is 11.1 Å². The Morgan fingerprint density at radius 1 is 1.23 bits per heavy atom. The molecule has 0 saturated carbocycles. The van der Waals surface area contributed by atoms with E-state index in [4.69, 9.17) is 4.74 Å². The number of hydrogen-bond donors (Lipinski definition) is 1. The number of hydrogen-bond acceptors (Lipinski definition) is 5. The number of anilines is 1. The largest absolute Gasteiger partial charge is 0.486 e. The summed E-state index contributed by atoms with van der Waals surface area (Å²) < 4.78 is 7.77. The van der Waals surface area contributed by atoms with Crippen LogP contribution in [-0.4, -0.2) is 26.4 Å². The summed E-state index contributed by atoms with van der Waals surface area (Å²) in [6.07, 6.45) is 1.78. The zero-order valence-corrected chi connectivity index (χ0v) is 19.0. The van der Waals surface area contributed by atoms with Crippen LogP contribution in [-0.2, 0) is 17.9 Å². The molecule has 0 unspecified atom stereocenters. The number of benzene rings is 2. The summed E-state index contributed by atoms with van der Waals surface area (Å²) in [6.45, 7) is 10.9. The van der Waals surface area contributed by atoms with E-state index in [2.05, 4.69) is 35.9 Å². The Labute approximate surface area is 187 Å². The van der Waals surface area contributed by atoms with Gasteiger partial charge in [-0.1, -0.05) is 56.0 Å². The van der Waals surface area contributed by atoms with Crippen LogP contribution in [0.15, 0.2) is 66.3 Å². The number of carbonyl (C=O) groups excluding carboxylic acids is 1. The van der Waals surface area contributed by atoms with E-state index in [0.717, 1.165) is 17.0 Å². The molecule has 31 heavy (non-hydrogen) atoms. The van der Waals surface area contributed by atoms with E-state index in [9.17, 15) is 4.79 Å². The SMILES string of the molecule is C=CCn1c(COc2cccc(C)c2)nnc1SCC(=O)Nc1ccc(C(C)C)cc1. The Kier molecular flexibility index (Phi) is 7.89. The van der Waals surface area contributed by atoms with Crippen LogP contribution in [0.25, 0.3) is 0 Å². The molecular formula is C24H28N4O2S. The van der Waals surface area contributed by atoms with Gasteiger partial charge >= 0.3 is 0 Å². The molecule has 0 aliphatic heterocycles. The number of nitrogens with zero attached hydrogens (tertiary/aromatic N) is 3. The maximum absolute atomic E-state index is 12.4. The lowest BCUT2D eigenvalue weighted by Crippen LogP contribution is -2.15. The van der Waals surface area contributed by atoms with Gasteiger partial charge in [0.2, 0.25) is 5.91 Å². The first-order valence-electron chi connectivity index (χ1n) is 10.2. The highest BCUT2D eigenvalue weighted by molar-refractivity contribution is 7.99. The van der Waals surface area contributed by atoms with Crippen LogP contribution in [0.3, 0.4) is 0 Å². The number of thioether (sulfide) groups is 1. The Hall–Kier alpha value is -3.06. The van der Waals surface area contributed by atoms with Crippen molar-refractivity contribution in [1.82, 2.24) is 14.8 Å². The number of amides is 1. The number of aryl methyl sites for hydroxylation is 1. The van der Waals surface area contributed by atoms with E-state index in [1.807, 2.05) is 60.0 Å². The van der Waals surface area contributed by atoms with Crippen molar-refractivity contribution < 1.29 is 9.53 Å². The number of carbonyl (C=O) groups is 1. The number of rotatable bonds is 10. The van der Waals surface area contributed by atoms with Crippen LogP contribution < -0.4 is 10.1 Å². The summed E-state index contributed by atoms with van der Waals surface area (Å²) in [5.41, 5.74) is 3.16. The maximum atomic E-state index is 12.4. The fraction of sp³-hybridized carbons (Fsp3) is 0.292. The van der Waals surface area contributed by atoms with Crippen LogP contribution in [0.4, 0.5) is 5.69 Å². The molecule has 2 aromatic carbocycles. The Morgan fingerprint density at radius 2 is 2.00 bits per heavy atom. The van der Waals surface area contributed by atoms with Crippen LogP contribution in [0, 0.1) is 6.92 Å². The summed E-state index contributed by atoms with van der Waals surface area (Å²) in [7, 11) is 0. The van der Waals surface area contributed by atoms with Gasteiger partial charge in [0.15, 0.2) is 11.0 Å². The second kappa shape index (κ2) is 10.8. The highest BCUT2D eigenvalue weighted by atomic mass is 32.2. The van der Waals surface area contributed by atoms with Crippen molar-refractivity contribution in [2.45, 2.75) is 45.0 Å². The lowest BCUT2D eigenvalue weighted by Gasteiger charge is -2.10. The molecular weight excluding hydrogens is 408 g/mol. The van der Waals surface area contributed by atoms with Gasteiger partial charge < -0.3 is 10.1 Å².